The van der Waals surface area contributed by atoms with Crippen LogP contribution in [0, 0.1) is 6.92 Å². The summed E-state index contributed by atoms with van der Waals surface area (Å²) in [5, 5.41) is 3.63. The predicted molar refractivity (Wildman–Crippen MR) is 76.0 cm³/mol. The molecule has 0 aromatic carbocycles. The third-order valence-electron chi connectivity index (χ3n) is 3.62. The van der Waals surface area contributed by atoms with Crippen molar-refractivity contribution in [3.05, 3.63) is 11.9 Å². The van der Waals surface area contributed by atoms with Gasteiger partial charge in [-0.15, -0.1) is 0 Å². The molecule has 1 aliphatic rings. The largest absolute Gasteiger partial charge is 0.353 e. The molecular weight excluding hydrogens is 224 g/mol. The minimum atomic E-state index is 0.624. The highest BCUT2D eigenvalue weighted by Crippen LogP contribution is 2.21. The zero-order valence-electron chi connectivity index (χ0n) is 11.9. The summed E-state index contributed by atoms with van der Waals surface area (Å²) in [5.74, 6) is 1.06. The Bertz CT molecular complexity index is 364. The van der Waals surface area contributed by atoms with Crippen molar-refractivity contribution in [1.82, 2.24) is 14.5 Å². The summed E-state index contributed by atoms with van der Waals surface area (Å²) in [6, 6.07) is 0.624. The molecule has 1 aliphatic carbocycles. The van der Waals surface area contributed by atoms with E-state index in [1.165, 1.54) is 32.1 Å². The Morgan fingerprint density at radius 2 is 2.06 bits per heavy atom. The van der Waals surface area contributed by atoms with Crippen LogP contribution in [0.25, 0.3) is 0 Å². The van der Waals surface area contributed by atoms with Crippen LogP contribution in [0.15, 0.2) is 6.20 Å². The van der Waals surface area contributed by atoms with E-state index in [1.807, 2.05) is 0 Å². The second kappa shape index (κ2) is 6.23. The van der Waals surface area contributed by atoms with Crippen molar-refractivity contribution in [3.8, 4) is 0 Å². The van der Waals surface area contributed by atoms with E-state index >= 15 is 0 Å². The molecule has 0 atom stereocenters. The van der Waals surface area contributed by atoms with Gasteiger partial charge in [-0.1, -0.05) is 19.3 Å². The van der Waals surface area contributed by atoms with Crippen LogP contribution in [0.1, 0.15) is 37.8 Å². The maximum atomic E-state index is 4.62. The number of likely N-dealkylation sites (N-methyl/N-ethyl adjacent to an activating group) is 1. The Morgan fingerprint density at radius 3 is 2.72 bits per heavy atom. The number of nitrogens with one attached hydrogen (secondary N) is 1. The minimum absolute atomic E-state index is 0.624. The first kappa shape index (κ1) is 13.4. The first-order valence-electron chi connectivity index (χ1n) is 7.10. The molecule has 0 spiro atoms. The fourth-order valence-corrected chi connectivity index (χ4v) is 2.57. The van der Waals surface area contributed by atoms with E-state index < -0.39 is 0 Å². The van der Waals surface area contributed by atoms with Crippen LogP contribution in [-0.4, -0.2) is 41.1 Å². The van der Waals surface area contributed by atoms with Gasteiger partial charge in [0.15, 0.2) is 0 Å². The molecule has 2 rings (SSSR count). The molecule has 0 radical (unpaired) electrons. The predicted octanol–water partition coefficient (Wildman–Crippen LogP) is 2.50. The van der Waals surface area contributed by atoms with Crippen molar-refractivity contribution in [1.29, 1.82) is 0 Å². The van der Waals surface area contributed by atoms with Gasteiger partial charge in [-0.2, -0.15) is 0 Å². The third kappa shape index (κ3) is 3.73. The van der Waals surface area contributed by atoms with E-state index in [1.54, 1.807) is 0 Å². The Labute approximate surface area is 110 Å². The van der Waals surface area contributed by atoms with E-state index in [4.69, 9.17) is 0 Å². The smallest absolute Gasteiger partial charge is 0.203 e. The summed E-state index contributed by atoms with van der Waals surface area (Å²) >= 11 is 0. The van der Waals surface area contributed by atoms with Gasteiger partial charge in [0, 0.05) is 25.3 Å². The lowest BCUT2D eigenvalue weighted by Crippen LogP contribution is -2.25. The molecule has 1 aromatic rings. The zero-order valence-corrected chi connectivity index (χ0v) is 11.9. The lowest BCUT2D eigenvalue weighted by atomic mass is 9.96. The zero-order chi connectivity index (χ0) is 13.0. The highest BCUT2D eigenvalue weighted by atomic mass is 15.2. The quantitative estimate of drug-likeness (QED) is 0.871. The second-order valence-corrected chi connectivity index (χ2v) is 5.68. The number of hydrogen-bond donors (Lipinski definition) is 1. The van der Waals surface area contributed by atoms with Crippen molar-refractivity contribution in [3.63, 3.8) is 0 Å². The van der Waals surface area contributed by atoms with E-state index in [2.05, 4.69) is 47.0 Å². The van der Waals surface area contributed by atoms with Crippen molar-refractivity contribution in [2.45, 2.75) is 51.6 Å². The van der Waals surface area contributed by atoms with Crippen LogP contribution in [-0.2, 0) is 6.54 Å². The summed E-state index contributed by atoms with van der Waals surface area (Å²) in [6.07, 6.45) is 8.84. The molecule has 0 bridgehead atoms. The second-order valence-electron chi connectivity index (χ2n) is 5.68. The summed E-state index contributed by atoms with van der Waals surface area (Å²) in [4.78, 5) is 6.82. The molecule has 1 fully saturated rings. The van der Waals surface area contributed by atoms with Crippen molar-refractivity contribution < 1.29 is 0 Å². The molecule has 1 aromatic heterocycles. The normalized spacial score (nSPS) is 17.3. The van der Waals surface area contributed by atoms with Crippen LogP contribution in [0.5, 0.6) is 0 Å². The van der Waals surface area contributed by atoms with Crippen LogP contribution < -0.4 is 5.32 Å². The minimum Gasteiger partial charge on any atom is -0.353 e. The number of rotatable bonds is 5. The number of nitrogens with zero attached hydrogens (tertiary/aromatic N) is 3. The number of anilines is 1. The van der Waals surface area contributed by atoms with Gasteiger partial charge in [0.2, 0.25) is 5.95 Å². The summed E-state index contributed by atoms with van der Waals surface area (Å²) in [6.45, 7) is 4.12. The van der Waals surface area contributed by atoms with Crippen molar-refractivity contribution in [2.24, 2.45) is 0 Å². The van der Waals surface area contributed by atoms with Crippen LogP contribution in [0.3, 0.4) is 0 Å². The summed E-state index contributed by atoms with van der Waals surface area (Å²) in [5.41, 5.74) is 1.10. The van der Waals surface area contributed by atoms with Crippen molar-refractivity contribution >= 4 is 5.95 Å². The van der Waals surface area contributed by atoms with Crippen LogP contribution in [0.2, 0.25) is 0 Å². The lowest BCUT2D eigenvalue weighted by Gasteiger charge is -2.24. The Hall–Kier alpha value is -1.03. The molecule has 1 saturated carbocycles. The fourth-order valence-electron chi connectivity index (χ4n) is 2.57. The SMILES string of the molecule is Cc1cn(CCN(C)C)c(NC2CCCCC2)n1. The van der Waals surface area contributed by atoms with Crippen molar-refractivity contribution in [2.75, 3.05) is 26.0 Å². The number of aryl methyl sites for hydroxylation is 1. The molecule has 4 heteroatoms. The first-order chi connectivity index (χ1) is 8.65. The Balaban J connectivity index is 1.97. The summed E-state index contributed by atoms with van der Waals surface area (Å²) in [7, 11) is 4.22. The molecule has 1 heterocycles. The number of hydrogen-bond acceptors (Lipinski definition) is 3. The molecule has 0 unspecified atom stereocenters. The van der Waals surface area contributed by atoms with Gasteiger partial charge in [0.05, 0.1) is 5.69 Å². The van der Waals surface area contributed by atoms with Gasteiger partial charge in [-0.3, -0.25) is 0 Å². The average Bonchev–Trinajstić information content (AvgIpc) is 2.68. The Kier molecular flexibility index (Phi) is 4.64. The number of aromatic nitrogens is 2. The molecule has 0 saturated heterocycles. The van der Waals surface area contributed by atoms with Crippen LogP contribution >= 0.6 is 0 Å². The first-order valence-corrected chi connectivity index (χ1v) is 7.10. The molecule has 0 aliphatic heterocycles. The fraction of sp³-hybridized carbons (Fsp3) is 0.786. The summed E-state index contributed by atoms with van der Waals surface area (Å²) < 4.78 is 2.25. The molecular formula is C14H26N4. The highest BCUT2D eigenvalue weighted by molar-refractivity contribution is 5.30. The highest BCUT2D eigenvalue weighted by Gasteiger charge is 2.15. The van der Waals surface area contributed by atoms with Gasteiger partial charge in [-0.25, -0.2) is 4.98 Å². The molecule has 0 amide bonds. The monoisotopic (exact) mass is 250 g/mol. The average molecular weight is 250 g/mol. The van der Waals surface area contributed by atoms with Gasteiger partial charge in [0.1, 0.15) is 0 Å². The maximum Gasteiger partial charge on any atom is 0.203 e. The number of imidazole rings is 1. The topological polar surface area (TPSA) is 33.1 Å². The lowest BCUT2D eigenvalue weighted by molar-refractivity contribution is 0.383. The van der Waals surface area contributed by atoms with E-state index in [9.17, 15) is 0 Å². The van der Waals surface area contributed by atoms with E-state index in [0.717, 1.165) is 24.7 Å². The molecule has 102 valence electrons. The standard InChI is InChI=1S/C14H26N4/c1-12-11-18(10-9-17(2)3)14(15-12)16-13-7-5-4-6-8-13/h11,13H,4-10H2,1-3H3,(H,15,16). The van der Waals surface area contributed by atoms with Crippen LogP contribution in [0.4, 0.5) is 5.95 Å². The Morgan fingerprint density at radius 1 is 1.33 bits per heavy atom. The maximum absolute atomic E-state index is 4.62. The molecule has 1 N–H and O–H groups in total. The van der Waals surface area contributed by atoms with Gasteiger partial charge in [0.25, 0.3) is 0 Å². The van der Waals surface area contributed by atoms with Gasteiger partial charge >= 0.3 is 0 Å². The molecule has 4 nitrogen and oxygen atoms in total. The molecule has 18 heavy (non-hydrogen) atoms. The van der Waals surface area contributed by atoms with E-state index in [-0.39, 0.29) is 0 Å². The third-order valence-corrected chi connectivity index (χ3v) is 3.62. The van der Waals surface area contributed by atoms with Gasteiger partial charge < -0.3 is 14.8 Å². The van der Waals surface area contributed by atoms with E-state index in [0.29, 0.717) is 6.04 Å². The van der Waals surface area contributed by atoms with Gasteiger partial charge in [-0.05, 0) is 33.9 Å².